The van der Waals surface area contributed by atoms with Crippen molar-refractivity contribution in [3.05, 3.63) is 82.2 Å². The monoisotopic (exact) mass is 380 g/mol. The lowest BCUT2D eigenvalue weighted by Gasteiger charge is -2.03. The third kappa shape index (κ3) is 4.17. The number of pyridine rings is 1. The van der Waals surface area contributed by atoms with E-state index in [0.29, 0.717) is 28.2 Å². The first kappa shape index (κ1) is 17.3. The molecule has 8 heteroatoms. The van der Waals surface area contributed by atoms with Crippen LogP contribution in [0.2, 0.25) is 0 Å². The lowest BCUT2D eigenvalue weighted by atomic mass is 10.2. The summed E-state index contributed by atoms with van der Waals surface area (Å²) < 4.78 is 12.7. The Labute approximate surface area is 159 Å². The second kappa shape index (κ2) is 7.63. The van der Waals surface area contributed by atoms with Crippen molar-refractivity contribution < 1.29 is 9.15 Å². The third-order valence-electron chi connectivity index (χ3n) is 3.77. The van der Waals surface area contributed by atoms with Gasteiger partial charge in [-0.2, -0.15) is 0 Å². The molecule has 4 aromatic rings. The molecule has 3 aromatic heterocycles. The van der Waals surface area contributed by atoms with Gasteiger partial charge in [0.1, 0.15) is 11.4 Å². The van der Waals surface area contributed by atoms with Crippen molar-refractivity contribution in [1.29, 1.82) is 0 Å². The molecule has 0 aliphatic heterocycles. The van der Waals surface area contributed by atoms with Crippen LogP contribution in [-0.4, -0.2) is 19.6 Å². The Kier molecular flexibility index (Phi) is 4.88. The highest BCUT2D eigenvalue weighted by Gasteiger charge is 2.09. The molecule has 4 rings (SSSR count). The molecule has 0 aliphatic carbocycles. The lowest BCUT2D eigenvalue weighted by Crippen LogP contribution is -2.14. The first-order valence-electron chi connectivity index (χ1n) is 8.29. The fourth-order valence-corrected chi connectivity index (χ4v) is 3.19. The van der Waals surface area contributed by atoms with E-state index in [4.69, 9.17) is 9.15 Å². The summed E-state index contributed by atoms with van der Waals surface area (Å²) in [5.74, 6) is 1.61. The van der Waals surface area contributed by atoms with Gasteiger partial charge >= 0.3 is 0 Å². The van der Waals surface area contributed by atoms with E-state index in [1.807, 2.05) is 37.3 Å². The maximum atomic E-state index is 12.1. The van der Waals surface area contributed by atoms with Crippen LogP contribution < -0.4 is 10.3 Å². The topological polar surface area (TPSA) is 82.5 Å². The van der Waals surface area contributed by atoms with Crippen LogP contribution in [-0.2, 0) is 12.4 Å². The zero-order chi connectivity index (χ0) is 18.6. The Bertz CT molecular complexity index is 1140. The molecule has 0 saturated carbocycles. The Morgan fingerprint density at radius 1 is 1.15 bits per heavy atom. The zero-order valence-electron chi connectivity index (χ0n) is 14.5. The molecule has 0 spiro atoms. The highest BCUT2D eigenvalue weighted by molar-refractivity contribution is 7.98. The molecular weight excluding hydrogens is 364 g/mol. The first-order chi connectivity index (χ1) is 13.2. The second-order valence-corrected chi connectivity index (χ2v) is 6.80. The van der Waals surface area contributed by atoms with Gasteiger partial charge in [-0.3, -0.25) is 9.20 Å². The number of aryl methyl sites for hydroxylation is 1. The number of aromatic nitrogens is 4. The van der Waals surface area contributed by atoms with E-state index in [1.165, 1.54) is 22.2 Å². The van der Waals surface area contributed by atoms with Crippen molar-refractivity contribution in [2.45, 2.75) is 24.5 Å². The van der Waals surface area contributed by atoms with E-state index in [-0.39, 0.29) is 12.2 Å². The van der Waals surface area contributed by atoms with Gasteiger partial charge in [-0.15, -0.1) is 10.2 Å². The Morgan fingerprint density at radius 3 is 2.96 bits per heavy atom. The molecule has 3 heterocycles. The van der Waals surface area contributed by atoms with Gasteiger partial charge in [0.15, 0.2) is 6.61 Å². The summed E-state index contributed by atoms with van der Waals surface area (Å²) >= 11 is 1.33. The van der Waals surface area contributed by atoms with Crippen LogP contribution in [0.3, 0.4) is 0 Å². The van der Waals surface area contributed by atoms with Crippen LogP contribution in [0.4, 0.5) is 0 Å². The van der Waals surface area contributed by atoms with Crippen molar-refractivity contribution >= 4 is 17.4 Å². The van der Waals surface area contributed by atoms with Crippen LogP contribution >= 0.6 is 11.8 Å². The van der Waals surface area contributed by atoms with Crippen LogP contribution in [0, 0.1) is 6.92 Å². The molecule has 0 radical (unpaired) electrons. The Morgan fingerprint density at radius 2 is 2.07 bits per heavy atom. The van der Waals surface area contributed by atoms with Crippen molar-refractivity contribution in [3.8, 4) is 5.75 Å². The molecule has 0 saturated heterocycles. The molecule has 27 heavy (non-hydrogen) atoms. The summed E-state index contributed by atoms with van der Waals surface area (Å²) in [5.41, 5.74) is 2.27. The number of benzene rings is 1. The number of rotatable bonds is 6. The molecule has 136 valence electrons. The van der Waals surface area contributed by atoms with Crippen molar-refractivity contribution in [2.75, 3.05) is 0 Å². The van der Waals surface area contributed by atoms with E-state index in [2.05, 4.69) is 15.2 Å². The summed E-state index contributed by atoms with van der Waals surface area (Å²) in [6, 6.07) is 14.7. The molecular formula is C19H16N4O3S. The van der Waals surface area contributed by atoms with Gasteiger partial charge in [0.25, 0.3) is 16.7 Å². The second-order valence-electron chi connectivity index (χ2n) is 5.87. The van der Waals surface area contributed by atoms with Gasteiger partial charge in [0, 0.05) is 18.0 Å². The van der Waals surface area contributed by atoms with Crippen LogP contribution in [0.5, 0.6) is 5.75 Å². The predicted octanol–water partition coefficient (Wildman–Crippen LogP) is 3.26. The summed E-state index contributed by atoms with van der Waals surface area (Å²) in [7, 11) is 0. The molecule has 1 aromatic carbocycles. The molecule has 0 bridgehead atoms. The number of hydrogen-bond acceptors (Lipinski definition) is 7. The fourth-order valence-electron chi connectivity index (χ4n) is 2.52. The van der Waals surface area contributed by atoms with E-state index in [9.17, 15) is 4.79 Å². The number of hydrogen-bond donors (Lipinski definition) is 0. The molecule has 7 nitrogen and oxygen atoms in total. The highest BCUT2D eigenvalue weighted by atomic mass is 32.2. The summed E-state index contributed by atoms with van der Waals surface area (Å²) in [6.45, 7) is 2.20. The SMILES string of the molecule is Cc1cccc(OCc2nnc(SCc3cc(=O)n4ccccc4n3)o2)c1. The normalized spacial score (nSPS) is 11.0. The molecule has 0 aliphatic rings. The van der Waals surface area contributed by atoms with E-state index < -0.39 is 0 Å². The predicted molar refractivity (Wildman–Crippen MR) is 101 cm³/mol. The fraction of sp³-hybridized carbons (Fsp3) is 0.158. The van der Waals surface area contributed by atoms with E-state index >= 15 is 0 Å². The maximum Gasteiger partial charge on any atom is 0.277 e. The van der Waals surface area contributed by atoms with Gasteiger partial charge in [-0.25, -0.2) is 4.98 Å². The molecule has 0 atom stereocenters. The minimum Gasteiger partial charge on any atom is -0.484 e. The molecule has 0 N–H and O–H groups in total. The summed E-state index contributed by atoms with van der Waals surface area (Å²) in [5, 5.41) is 8.40. The average Bonchev–Trinajstić information content (AvgIpc) is 3.13. The zero-order valence-corrected chi connectivity index (χ0v) is 15.3. The van der Waals surface area contributed by atoms with E-state index in [0.717, 1.165) is 11.3 Å². The van der Waals surface area contributed by atoms with Gasteiger partial charge in [0.2, 0.25) is 0 Å². The summed E-state index contributed by atoms with van der Waals surface area (Å²) in [6.07, 6.45) is 1.69. The Hall–Kier alpha value is -3.13. The van der Waals surface area contributed by atoms with Gasteiger partial charge in [-0.1, -0.05) is 30.0 Å². The average molecular weight is 380 g/mol. The lowest BCUT2D eigenvalue weighted by molar-refractivity contribution is 0.252. The number of thioether (sulfide) groups is 1. The highest BCUT2D eigenvalue weighted by Crippen LogP contribution is 2.21. The minimum atomic E-state index is -0.117. The molecule has 0 amide bonds. The number of ether oxygens (including phenoxy) is 1. The van der Waals surface area contributed by atoms with E-state index in [1.54, 1.807) is 18.3 Å². The van der Waals surface area contributed by atoms with Crippen LogP contribution in [0.15, 0.2) is 69.2 Å². The third-order valence-corrected chi connectivity index (χ3v) is 4.62. The van der Waals surface area contributed by atoms with Gasteiger partial charge < -0.3 is 9.15 Å². The minimum absolute atomic E-state index is 0.117. The van der Waals surface area contributed by atoms with Crippen molar-refractivity contribution in [1.82, 2.24) is 19.6 Å². The maximum absolute atomic E-state index is 12.1. The largest absolute Gasteiger partial charge is 0.484 e. The molecule has 0 unspecified atom stereocenters. The standard InChI is InChI=1S/C19H16N4O3S/c1-13-5-4-6-15(9-13)25-11-17-21-22-19(26-17)27-12-14-10-18(24)23-8-3-2-7-16(23)20-14/h2-10H,11-12H2,1H3. The first-order valence-corrected chi connectivity index (χ1v) is 9.28. The molecule has 0 fully saturated rings. The summed E-state index contributed by atoms with van der Waals surface area (Å²) in [4.78, 5) is 16.6. The van der Waals surface area contributed by atoms with Gasteiger partial charge in [-0.05, 0) is 36.8 Å². The van der Waals surface area contributed by atoms with Crippen LogP contribution in [0.1, 0.15) is 17.1 Å². The Balaban J connectivity index is 1.39. The van der Waals surface area contributed by atoms with Crippen LogP contribution in [0.25, 0.3) is 5.65 Å². The number of fused-ring (bicyclic) bond motifs is 1. The quantitative estimate of drug-likeness (QED) is 0.475. The number of nitrogens with zero attached hydrogens (tertiary/aromatic N) is 4. The smallest absolute Gasteiger partial charge is 0.277 e. The van der Waals surface area contributed by atoms with Gasteiger partial charge in [0.05, 0.1) is 5.69 Å². The van der Waals surface area contributed by atoms with Crippen molar-refractivity contribution in [3.63, 3.8) is 0 Å². The van der Waals surface area contributed by atoms with Crippen molar-refractivity contribution in [2.24, 2.45) is 0 Å².